The third-order valence-electron chi connectivity index (χ3n) is 3.83. The molecule has 0 aliphatic heterocycles. The summed E-state index contributed by atoms with van der Waals surface area (Å²) in [6.07, 6.45) is 5.34. The Balaban J connectivity index is 1.61. The minimum Gasteiger partial charge on any atom is -0.396 e. The third kappa shape index (κ3) is 4.48. The summed E-state index contributed by atoms with van der Waals surface area (Å²) in [6.45, 7) is 0.356. The first-order chi connectivity index (χ1) is 12.3. The normalized spacial score (nSPS) is 11.9. The number of nitrogens with zero attached hydrogens (tertiary/aromatic N) is 4. The second-order valence-corrected chi connectivity index (χ2v) is 5.67. The van der Waals surface area contributed by atoms with Crippen LogP contribution in [0.2, 0.25) is 0 Å². The highest BCUT2D eigenvalue weighted by Gasteiger charge is 2.13. The number of pyridine rings is 1. The zero-order chi connectivity index (χ0) is 17.5. The van der Waals surface area contributed by atoms with Crippen molar-refractivity contribution in [3.63, 3.8) is 0 Å². The highest BCUT2D eigenvalue weighted by Crippen LogP contribution is 2.10. The summed E-state index contributed by atoms with van der Waals surface area (Å²) in [5, 5.41) is 16.5. The van der Waals surface area contributed by atoms with Gasteiger partial charge >= 0.3 is 0 Å². The molecule has 1 atom stereocenters. The molecule has 0 saturated carbocycles. The minimum atomic E-state index is -0.193. The van der Waals surface area contributed by atoms with E-state index in [1.807, 2.05) is 24.3 Å². The van der Waals surface area contributed by atoms with Crippen LogP contribution in [0.15, 0.2) is 61.3 Å². The molecule has 0 bridgehead atoms. The van der Waals surface area contributed by atoms with E-state index in [9.17, 15) is 9.90 Å². The highest BCUT2D eigenvalue weighted by atomic mass is 16.3. The lowest BCUT2D eigenvalue weighted by atomic mass is 10.0. The van der Waals surface area contributed by atoms with Crippen LogP contribution in [-0.2, 0) is 6.42 Å². The second-order valence-electron chi connectivity index (χ2n) is 5.67. The van der Waals surface area contributed by atoms with Crippen LogP contribution in [0.1, 0.15) is 16.1 Å². The van der Waals surface area contributed by atoms with Gasteiger partial charge in [0.15, 0.2) is 0 Å². The van der Waals surface area contributed by atoms with Crippen LogP contribution in [0.5, 0.6) is 0 Å². The number of carbonyl (C=O) groups excluding carboxylic acids is 1. The van der Waals surface area contributed by atoms with E-state index < -0.39 is 0 Å². The largest absolute Gasteiger partial charge is 0.396 e. The van der Waals surface area contributed by atoms with Gasteiger partial charge in [0.25, 0.3) is 5.91 Å². The Morgan fingerprint density at radius 1 is 1.24 bits per heavy atom. The molecule has 7 heteroatoms. The van der Waals surface area contributed by atoms with Gasteiger partial charge in [0, 0.05) is 36.5 Å². The Hall–Kier alpha value is -3.06. The van der Waals surface area contributed by atoms with Crippen molar-refractivity contribution >= 4 is 5.91 Å². The maximum absolute atomic E-state index is 12.4. The second kappa shape index (κ2) is 8.16. The number of aliphatic hydroxyl groups excluding tert-OH is 1. The summed E-state index contributed by atoms with van der Waals surface area (Å²) in [5.74, 6) is -0.279. The molecule has 1 aromatic carbocycles. The van der Waals surface area contributed by atoms with Crippen molar-refractivity contribution in [3.8, 4) is 5.69 Å². The molecule has 1 unspecified atom stereocenters. The molecule has 0 saturated heterocycles. The number of carbonyl (C=O) groups is 1. The van der Waals surface area contributed by atoms with Gasteiger partial charge in [-0.25, -0.2) is 9.67 Å². The number of hydrogen-bond acceptors (Lipinski definition) is 5. The first-order valence-electron chi connectivity index (χ1n) is 8.00. The van der Waals surface area contributed by atoms with Crippen molar-refractivity contribution < 1.29 is 9.90 Å². The summed E-state index contributed by atoms with van der Waals surface area (Å²) in [4.78, 5) is 20.5. The van der Waals surface area contributed by atoms with Crippen molar-refractivity contribution in [2.45, 2.75) is 6.42 Å². The van der Waals surface area contributed by atoms with Crippen LogP contribution in [0.3, 0.4) is 0 Å². The van der Waals surface area contributed by atoms with E-state index >= 15 is 0 Å². The Bertz CT molecular complexity index is 805. The Morgan fingerprint density at radius 2 is 2.16 bits per heavy atom. The van der Waals surface area contributed by atoms with Crippen LogP contribution >= 0.6 is 0 Å². The Kier molecular flexibility index (Phi) is 5.48. The molecule has 0 fully saturated rings. The molecule has 7 nitrogen and oxygen atoms in total. The van der Waals surface area contributed by atoms with Crippen molar-refractivity contribution in [2.75, 3.05) is 13.2 Å². The van der Waals surface area contributed by atoms with Gasteiger partial charge in [-0.05, 0) is 36.8 Å². The molecule has 128 valence electrons. The van der Waals surface area contributed by atoms with Crippen LogP contribution in [0, 0.1) is 5.92 Å². The molecule has 0 aliphatic carbocycles. The topological polar surface area (TPSA) is 92.9 Å². The summed E-state index contributed by atoms with van der Waals surface area (Å²) in [7, 11) is 0. The quantitative estimate of drug-likeness (QED) is 0.677. The number of benzene rings is 1. The lowest BCUT2D eigenvalue weighted by Gasteiger charge is -2.15. The zero-order valence-electron chi connectivity index (χ0n) is 13.6. The van der Waals surface area contributed by atoms with Crippen molar-refractivity contribution in [1.29, 1.82) is 0 Å². The Morgan fingerprint density at radius 3 is 2.88 bits per heavy atom. The summed E-state index contributed by atoms with van der Waals surface area (Å²) in [6, 6.07) is 12.8. The molecule has 0 aliphatic rings. The Labute approximate surface area is 145 Å². The molecule has 2 N–H and O–H groups in total. The molecule has 3 aromatic rings. The maximum Gasteiger partial charge on any atom is 0.251 e. The molecule has 0 radical (unpaired) electrons. The summed E-state index contributed by atoms with van der Waals surface area (Å²) < 4.78 is 1.59. The van der Waals surface area contributed by atoms with Crippen molar-refractivity contribution in [2.24, 2.45) is 5.92 Å². The molecule has 25 heavy (non-hydrogen) atoms. The van der Waals surface area contributed by atoms with Crippen molar-refractivity contribution in [3.05, 3.63) is 72.6 Å². The lowest BCUT2D eigenvalue weighted by Crippen LogP contribution is -2.32. The fraction of sp³-hybridized carbons (Fsp3) is 0.222. The van der Waals surface area contributed by atoms with Gasteiger partial charge in [-0.3, -0.25) is 9.78 Å². The number of hydrogen-bond donors (Lipinski definition) is 2. The van der Waals surface area contributed by atoms with Gasteiger partial charge in [-0.2, -0.15) is 5.10 Å². The predicted octanol–water partition coefficient (Wildman–Crippen LogP) is 1.24. The van der Waals surface area contributed by atoms with Gasteiger partial charge in [-0.15, -0.1) is 0 Å². The minimum absolute atomic E-state index is 0.0180. The van der Waals surface area contributed by atoms with Crippen LogP contribution in [0.25, 0.3) is 5.69 Å². The van der Waals surface area contributed by atoms with Crippen LogP contribution < -0.4 is 5.32 Å². The average Bonchev–Trinajstić information content (AvgIpc) is 3.20. The first-order valence-corrected chi connectivity index (χ1v) is 8.00. The molecule has 2 aromatic heterocycles. The molecular weight excluding hydrogens is 318 g/mol. The third-order valence-corrected chi connectivity index (χ3v) is 3.83. The SMILES string of the molecule is O=C(NCC(CO)Cc1ccccn1)c1cccc(-n2cncn2)c1. The molecule has 1 amide bonds. The molecule has 2 heterocycles. The van der Waals surface area contributed by atoms with Crippen LogP contribution in [-0.4, -0.2) is 43.9 Å². The number of aliphatic hydroxyl groups is 1. The number of nitrogens with one attached hydrogen (secondary N) is 1. The summed E-state index contributed by atoms with van der Waals surface area (Å²) >= 11 is 0. The number of rotatable bonds is 7. The number of amides is 1. The standard InChI is InChI=1S/C18H19N5O2/c24-11-14(8-16-5-1-2-7-20-16)10-21-18(25)15-4-3-6-17(9-15)23-13-19-12-22-23/h1-7,9,12-14,24H,8,10-11H2,(H,21,25). The first kappa shape index (κ1) is 16.8. The van der Waals surface area contributed by atoms with E-state index in [2.05, 4.69) is 20.4 Å². The summed E-state index contributed by atoms with van der Waals surface area (Å²) in [5.41, 5.74) is 2.18. The zero-order valence-corrected chi connectivity index (χ0v) is 13.6. The van der Waals surface area contributed by atoms with E-state index in [4.69, 9.17) is 0 Å². The average molecular weight is 337 g/mol. The molecular formula is C18H19N5O2. The fourth-order valence-electron chi connectivity index (χ4n) is 2.49. The van der Waals surface area contributed by atoms with Gasteiger partial charge in [-0.1, -0.05) is 12.1 Å². The fourth-order valence-corrected chi connectivity index (χ4v) is 2.49. The molecule has 0 spiro atoms. The van der Waals surface area contributed by atoms with Crippen LogP contribution in [0.4, 0.5) is 0 Å². The molecule has 3 rings (SSSR count). The monoisotopic (exact) mass is 337 g/mol. The lowest BCUT2D eigenvalue weighted by molar-refractivity contribution is 0.0939. The van der Waals surface area contributed by atoms with Crippen molar-refractivity contribution in [1.82, 2.24) is 25.1 Å². The van der Waals surface area contributed by atoms with E-state index in [1.165, 1.54) is 6.33 Å². The predicted molar refractivity (Wildman–Crippen MR) is 92.2 cm³/mol. The smallest absolute Gasteiger partial charge is 0.251 e. The van der Waals surface area contributed by atoms with E-state index in [0.29, 0.717) is 18.5 Å². The van der Waals surface area contributed by atoms with Gasteiger partial charge in [0.2, 0.25) is 0 Å². The van der Waals surface area contributed by atoms with E-state index in [1.54, 1.807) is 35.4 Å². The van der Waals surface area contributed by atoms with Gasteiger partial charge in [0.05, 0.1) is 5.69 Å². The van der Waals surface area contributed by atoms with E-state index in [-0.39, 0.29) is 18.4 Å². The highest BCUT2D eigenvalue weighted by molar-refractivity contribution is 5.94. The number of aromatic nitrogens is 4. The maximum atomic E-state index is 12.4. The van der Waals surface area contributed by atoms with E-state index in [0.717, 1.165) is 11.4 Å². The van der Waals surface area contributed by atoms with Gasteiger partial charge in [0.1, 0.15) is 12.7 Å². The van der Waals surface area contributed by atoms with Gasteiger partial charge < -0.3 is 10.4 Å².